The first-order valence-corrected chi connectivity index (χ1v) is 14.8. The number of nitrogens with zero attached hydrogens (tertiary/aromatic N) is 3. The van der Waals surface area contributed by atoms with Crippen molar-refractivity contribution in [2.24, 2.45) is 5.10 Å². The molecule has 3 aromatic carbocycles. The van der Waals surface area contributed by atoms with Gasteiger partial charge in [0.25, 0.3) is 5.56 Å². The Morgan fingerprint density at radius 1 is 1.15 bits per heavy atom. The molecule has 5 aromatic rings. The maximum Gasteiger partial charge on any atom is 0.347 e. The Labute approximate surface area is 258 Å². The summed E-state index contributed by atoms with van der Waals surface area (Å²) in [7, 11) is 0. The summed E-state index contributed by atoms with van der Waals surface area (Å²) in [5, 5.41) is 5.85. The molecule has 0 N–H and O–H groups in total. The van der Waals surface area contributed by atoms with Gasteiger partial charge in [-0.3, -0.25) is 4.79 Å². The van der Waals surface area contributed by atoms with Crippen LogP contribution in [0.2, 0.25) is 0 Å². The number of hydrogen-bond acceptors (Lipinski definition) is 7. The molecule has 198 valence electrons. The number of ether oxygens (including phenoxy) is 2. The predicted molar refractivity (Wildman–Crippen MR) is 171 cm³/mol. The average molecular weight is 812 g/mol. The fraction of sp³-hybridized carbons (Fsp3) is 0.143. The number of furan rings is 1. The maximum absolute atomic E-state index is 13.5. The number of benzene rings is 3. The number of carbonyl (C=O) groups excluding carboxylic acids is 1. The molecule has 11 heteroatoms. The molecule has 0 aliphatic heterocycles. The number of hydrogen-bond donors (Lipinski definition) is 0. The van der Waals surface area contributed by atoms with Crippen LogP contribution in [0, 0.1) is 7.14 Å². The van der Waals surface area contributed by atoms with Crippen LogP contribution < -0.4 is 10.3 Å². The van der Waals surface area contributed by atoms with E-state index in [0.29, 0.717) is 28.0 Å². The number of para-hydroxylation sites is 1. The molecule has 39 heavy (non-hydrogen) atoms. The highest BCUT2D eigenvalue weighted by Gasteiger charge is 2.20. The molecule has 0 unspecified atom stereocenters. The minimum atomic E-state index is -0.749. The Balaban J connectivity index is 1.56. The average Bonchev–Trinajstić information content (AvgIpc) is 3.33. The van der Waals surface area contributed by atoms with E-state index in [-0.39, 0.29) is 18.0 Å². The van der Waals surface area contributed by atoms with E-state index in [0.717, 1.165) is 22.6 Å². The van der Waals surface area contributed by atoms with Crippen LogP contribution in [-0.2, 0) is 9.53 Å². The Kier molecular flexibility index (Phi) is 8.38. The zero-order valence-corrected chi connectivity index (χ0v) is 26.6. The molecule has 0 saturated heterocycles. The summed E-state index contributed by atoms with van der Waals surface area (Å²) in [6, 6.07) is 18.4. The van der Waals surface area contributed by atoms with Gasteiger partial charge >= 0.3 is 5.97 Å². The second-order valence-corrected chi connectivity index (χ2v) is 11.7. The maximum atomic E-state index is 13.5. The number of carbonyl (C=O) groups is 1. The molecule has 8 nitrogen and oxygen atoms in total. The minimum Gasteiger partial charge on any atom is -0.477 e. The SMILES string of the molecule is CCOC(=O)[C@H](C)Oc1c(I)cc(C=Nn2c(-c3cc4cc(Br)ccc4o3)nc3ccccc3c2=O)cc1I. The molecule has 0 aliphatic carbocycles. The van der Waals surface area contributed by atoms with E-state index in [2.05, 4.69) is 66.2 Å². The molecule has 5 rings (SSSR count). The van der Waals surface area contributed by atoms with E-state index in [1.165, 1.54) is 4.68 Å². The number of halogens is 3. The van der Waals surface area contributed by atoms with Crippen LogP contribution in [0.15, 0.2) is 79.4 Å². The van der Waals surface area contributed by atoms with Crippen molar-refractivity contribution in [2.75, 3.05) is 6.61 Å². The van der Waals surface area contributed by atoms with Gasteiger partial charge in [0.2, 0.25) is 5.82 Å². The summed E-state index contributed by atoms with van der Waals surface area (Å²) in [5.41, 5.74) is 1.63. The van der Waals surface area contributed by atoms with Crippen molar-refractivity contribution in [2.45, 2.75) is 20.0 Å². The third-order valence-electron chi connectivity index (χ3n) is 5.71. The van der Waals surface area contributed by atoms with Crippen LogP contribution >= 0.6 is 61.1 Å². The van der Waals surface area contributed by atoms with Gasteiger partial charge in [0, 0.05) is 9.86 Å². The third kappa shape index (κ3) is 5.89. The van der Waals surface area contributed by atoms with Crippen LogP contribution in [0.3, 0.4) is 0 Å². The largest absolute Gasteiger partial charge is 0.477 e. The lowest BCUT2D eigenvalue weighted by Crippen LogP contribution is -2.26. The number of fused-ring (bicyclic) bond motifs is 2. The first-order chi connectivity index (χ1) is 18.7. The van der Waals surface area contributed by atoms with Gasteiger partial charge in [-0.1, -0.05) is 28.1 Å². The minimum absolute atomic E-state index is 0.284. The summed E-state index contributed by atoms with van der Waals surface area (Å²) in [5.74, 6) is 0.856. The van der Waals surface area contributed by atoms with Gasteiger partial charge < -0.3 is 13.9 Å². The smallest absolute Gasteiger partial charge is 0.347 e. The Morgan fingerprint density at radius 2 is 1.90 bits per heavy atom. The fourth-order valence-corrected chi connectivity index (χ4v) is 6.34. The lowest BCUT2D eigenvalue weighted by Gasteiger charge is -2.16. The highest BCUT2D eigenvalue weighted by Crippen LogP contribution is 2.31. The molecular weight excluding hydrogens is 792 g/mol. The summed E-state index contributed by atoms with van der Waals surface area (Å²) >= 11 is 7.77. The van der Waals surface area contributed by atoms with Crippen LogP contribution in [0.1, 0.15) is 19.4 Å². The Morgan fingerprint density at radius 3 is 2.64 bits per heavy atom. The highest BCUT2D eigenvalue weighted by molar-refractivity contribution is 14.1. The van der Waals surface area contributed by atoms with E-state index in [9.17, 15) is 9.59 Å². The molecular formula is C28H20BrI2N3O5. The Hall–Kier alpha value is -2.78. The van der Waals surface area contributed by atoms with Gasteiger partial charge in [0.05, 0.1) is 30.9 Å². The molecule has 0 amide bonds. The van der Waals surface area contributed by atoms with Crippen LogP contribution in [0.5, 0.6) is 5.75 Å². The van der Waals surface area contributed by atoms with Gasteiger partial charge in [0.1, 0.15) is 11.3 Å². The zero-order valence-electron chi connectivity index (χ0n) is 20.7. The second kappa shape index (κ2) is 11.8. The molecule has 2 aromatic heterocycles. The Bertz CT molecular complexity index is 1790. The lowest BCUT2D eigenvalue weighted by atomic mass is 10.2. The van der Waals surface area contributed by atoms with E-state index in [1.807, 2.05) is 42.5 Å². The van der Waals surface area contributed by atoms with Crippen LogP contribution in [0.25, 0.3) is 33.5 Å². The van der Waals surface area contributed by atoms with Gasteiger partial charge in [0.15, 0.2) is 11.9 Å². The highest BCUT2D eigenvalue weighted by atomic mass is 127. The molecule has 2 heterocycles. The van der Waals surface area contributed by atoms with Crippen molar-refractivity contribution in [1.82, 2.24) is 9.66 Å². The molecule has 0 spiro atoms. The fourth-order valence-electron chi connectivity index (χ4n) is 3.89. The second-order valence-electron chi connectivity index (χ2n) is 8.43. The number of esters is 1. The van der Waals surface area contributed by atoms with Gasteiger partial charge in [-0.05, 0) is 113 Å². The number of rotatable bonds is 7. The van der Waals surface area contributed by atoms with Crippen molar-refractivity contribution in [3.63, 3.8) is 0 Å². The summed E-state index contributed by atoms with van der Waals surface area (Å²) < 4.78 is 20.7. The van der Waals surface area contributed by atoms with Crippen LogP contribution in [0.4, 0.5) is 0 Å². The van der Waals surface area contributed by atoms with Gasteiger partial charge in [-0.2, -0.15) is 9.78 Å². The molecule has 1 atom stereocenters. The molecule has 0 bridgehead atoms. The lowest BCUT2D eigenvalue weighted by molar-refractivity contribution is -0.150. The predicted octanol–water partition coefficient (Wildman–Crippen LogP) is 6.99. The quantitative estimate of drug-likeness (QED) is 0.1000. The molecule has 0 saturated carbocycles. The van der Waals surface area contributed by atoms with Gasteiger partial charge in [-0.25, -0.2) is 9.78 Å². The van der Waals surface area contributed by atoms with E-state index >= 15 is 0 Å². The van der Waals surface area contributed by atoms with Gasteiger partial charge in [-0.15, -0.1) is 0 Å². The summed E-state index contributed by atoms with van der Waals surface area (Å²) in [6.07, 6.45) is 0.837. The first kappa shape index (κ1) is 27.8. The van der Waals surface area contributed by atoms with Crippen LogP contribution in [-0.4, -0.2) is 34.6 Å². The van der Waals surface area contributed by atoms with E-state index < -0.39 is 12.1 Å². The molecule has 0 fully saturated rings. The summed E-state index contributed by atoms with van der Waals surface area (Å²) in [6.45, 7) is 3.69. The number of aromatic nitrogens is 2. The summed E-state index contributed by atoms with van der Waals surface area (Å²) in [4.78, 5) is 30.3. The monoisotopic (exact) mass is 811 g/mol. The third-order valence-corrected chi connectivity index (χ3v) is 7.80. The van der Waals surface area contributed by atoms with E-state index in [4.69, 9.17) is 18.9 Å². The molecule has 0 radical (unpaired) electrons. The van der Waals surface area contributed by atoms with Crippen molar-refractivity contribution < 1.29 is 18.7 Å². The zero-order chi connectivity index (χ0) is 27.7. The normalized spacial score (nSPS) is 12.3. The topological polar surface area (TPSA) is 95.9 Å². The molecule has 0 aliphatic rings. The first-order valence-electron chi connectivity index (χ1n) is 11.8. The van der Waals surface area contributed by atoms with E-state index in [1.54, 1.807) is 38.3 Å². The van der Waals surface area contributed by atoms with Crippen molar-refractivity contribution in [3.05, 3.63) is 88.2 Å². The standard InChI is InChI=1S/C28H20BrI2N3O5/c1-3-37-28(36)15(2)38-25-20(30)10-16(11-21(25)31)14-32-34-26(33-22-7-5-4-6-19(22)27(34)35)24-13-17-12-18(29)8-9-23(17)39-24/h4-15H,3H2,1-2H3/t15-/m0/s1. The van der Waals surface area contributed by atoms with Crippen molar-refractivity contribution in [1.29, 1.82) is 0 Å². The van der Waals surface area contributed by atoms with Crippen molar-refractivity contribution in [3.8, 4) is 17.3 Å². The van der Waals surface area contributed by atoms with Crippen molar-refractivity contribution >= 4 is 95.2 Å².